The number of aryl methyl sites for hydroxylation is 1. The Morgan fingerprint density at radius 2 is 1.86 bits per heavy atom. The highest BCUT2D eigenvalue weighted by molar-refractivity contribution is 5.78. The molecule has 0 N–H and O–H groups in total. The summed E-state index contributed by atoms with van der Waals surface area (Å²) in [7, 11) is 3.52. The van der Waals surface area contributed by atoms with Crippen LogP contribution in [0.5, 0.6) is 5.75 Å². The van der Waals surface area contributed by atoms with Crippen molar-refractivity contribution in [2.75, 3.05) is 14.1 Å². The van der Waals surface area contributed by atoms with E-state index in [2.05, 4.69) is 10.2 Å². The fraction of sp³-hybridized carbons (Fsp3) is 0.312. The van der Waals surface area contributed by atoms with Gasteiger partial charge in [0.15, 0.2) is 0 Å². The largest absolute Gasteiger partial charge is 0.487 e. The van der Waals surface area contributed by atoms with E-state index in [-0.39, 0.29) is 5.91 Å². The van der Waals surface area contributed by atoms with Crippen LogP contribution in [0, 0.1) is 6.92 Å². The Labute approximate surface area is 124 Å². The van der Waals surface area contributed by atoms with Crippen molar-refractivity contribution in [3.63, 3.8) is 0 Å². The first-order valence-electron chi connectivity index (χ1n) is 6.74. The summed E-state index contributed by atoms with van der Waals surface area (Å²) in [5, 5.41) is 7.72. The lowest BCUT2D eigenvalue weighted by Crippen LogP contribution is -2.23. The maximum atomic E-state index is 11.6. The zero-order chi connectivity index (χ0) is 15.2. The quantitative estimate of drug-likeness (QED) is 0.843. The highest BCUT2D eigenvalue weighted by atomic mass is 16.5. The Morgan fingerprint density at radius 3 is 2.48 bits per heavy atom. The predicted molar refractivity (Wildman–Crippen MR) is 79.9 cm³/mol. The monoisotopic (exact) mass is 285 g/mol. The summed E-state index contributed by atoms with van der Waals surface area (Å²) < 4.78 is 5.65. The van der Waals surface area contributed by atoms with Crippen LogP contribution in [-0.4, -0.2) is 35.1 Å². The molecule has 0 saturated carbocycles. The van der Waals surface area contributed by atoms with Crippen molar-refractivity contribution in [1.82, 2.24) is 15.1 Å². The molecule has 0 spiro atoms. The fourth-order valence-electron chi connectivity index (χ4n) is 1.78. The van der Waals surface area contributed by atoms with Crippen molar-refractivity contribution in [3.05, 3.63) is 53.3 Å². The molecule has 1 aromatic heterocycles. The maximum absolute atomic E-state index is 11.6. The van der Waals surface area contributed by atoms with Gasteiger partial charge in [-0.05, 0) is 18.1 Å². The molecule has 1 amide bonds. The Morgan fingerprint density at radius 1 is 1.19 bits per heavy atom. The molecule has 2 aromatic rings. The number of benzene rings is 1. The Hall–Kier alpha value is -2.43. The highest BCUT2D eigenvalue weighted by Crippen LogP contribution is 2.12. The van der Waals surface area contributed by atoms with Gasteiger partial charge in [-0.1, -0.05) is 24.3 Å². The van der Waals surface area contributed by atoms with Gasteiger partial charge in [-0.15, -0.1) is 0 Å². The number of amides is 1. The summed E-state index contributed by atoms with van der Waals surface area (Å²) >= 11 is 0. The van der Waals surface area contributed by atoms with E-state index >= 15 is 0 Å². The molecule has 5 nitrogen and oxygen atoms in total. The van der Waals surface area contributed by atoms with Crippen LogP contribution < -0.4 is 4.74 Å². The topological polar surface area (TPSA) is 55.3 Å². The molecule has 0 atom stereocenters. The van der Waals surface area contributed by atoms with Crippen LogP contribution in [0.15, 0.2) is 36.5 Å². The molecule has 0 radical (unpaired) electrons. The minimum Gasteiger partial charge on any atom is -0.487 e. The number of likely N-dealkylation sites (N-methyl/N-ethyl adjacent to an activating group) is 1. The predicted octanol–water partition coefficient (Wildman–Crippen LogP) is 1.99. The van der Waals surface area contributed by atoms with E-state index in [1.807, 2.05) is 37.3 Å². The van der Waals surface area contributed by atoms with Gasteiger partial charge >= 0.3 is 0 Å². The number of nitrogens with zero attached hydrogens (tertiary/aromatic N) is 3. The molecule has 1 heterocycles. The van der Waals surface area contributed by atoms with Crippen LogP contribution in [0.4, 0.5) is 0 Å². The Kier molecular flexibility index (Phi) is 4.87. The summed E-state index contributed by atoms with van der Waals surface area (Å²) in [5.41, 5.74) is 2.87. The standard InChI is InChI=1S/C16H19N3O2/c1-12-8-15(10-17-18-12)21-11-14-6-4-13(5-7-14)9-16(20)19(2)3/h4-8,10H,9,11H2,1-3H3. The molecule has 0 fully saturated rings. The van der Waals surface area contributed by atoms with Crippen molar-refractivity contribution in [3.8, 4) is 5.75 Å². The molecule has 110 valence electrons. The van der Waals surface area contributed by atoms with Crippen molar-refractivity contribution in [2.24, 2.45) is 0 Å². The first-order valence-corrected chi connectivity index (χ1v) is 6.74. The van der Waals surface area contributed by atoms with E-state index in [0.29, 0.717) is 18.8 Å². The molecule has 0 bridgehead atoms. The average molecular weight is 285 g/mol. The van der Waals surface area contributed by atoms with Crippen LogP contribution in [0.3, 0.4) is 0 Å². The number of carbonyl (C=O) groups is 1. The molecule has 2 rings (SSSR count). The lowest BCUT2D eigenvalue weighted by molar-refractivity contribution is -0.127. The van der Waals surface area contributed by atoms with Gasteiger partial charge in [-0.2, -0.15) is 10.2 Å². The zero-order valence-electron chi connectivity index (χ0n) is 12.5. The van der Waals surface area contributed by atoms with Gasteiger partial charge < -0.3 is 9.64 Å². The highest BCUT2D eigenvalue weighted by Gasteiger charge is 2.05. The molecule has 5 heteroatoms. The molecular formula is C16H19N3O2. The third-order valence-electron chi connectivity index (χ3n) is 3.03. The second-order valence-corrected chi connectivity index (χ2v) is 5.10. The van der Waals surface area contributed by atoms with E-state index in [1.165, 1.54) is 0 Å². The summed E-state index contributed by atoms with van der Waals surface area (Å²) in [6.45, 7) is 2.34. The fourth-order valence-corrected chi connectivity index (χ4v) is 1.78. The normalized spacial score (nSPS) is 10.2. The lowest BCUT2D eigenvalue weighted by Gasteiger charge is -2.10. The van der Waals surface area contributed by atoms with E-state index in [1.54, 1.807) is 25.2 Å². The van der Waals surface area contributed by atoms with Crippen LogP contribution in [0.25, 0.3) is 0 Å². The van der Waals surface area contributed by atoms with Gasteiger partial charge in [0.2, 0.25) is 5.91 Å². The Balaban J connectivity index is 1.92. The molecule has 0 saturated heterocycles. The molecule has 0 aliphatic carbocycles. The van der Waals surface area contributed by atoms with Crippen molar-refractivity contribution < 1.29 is 9.53 Å². The number of rotatable bonds is 5. The minimum atomic E-state index is 0.0948. The van der Waals surface area contributed by atoms with E-state index < -0.39 is 0 Å². The van der Waals surface area contributed by atoms with Crippen LogP contribution in [0.2, 0.25) is 0 Å². The number of hydrogen-bond donors (Lipinski definition) is 0. The van der Waals surface area contributed by atoms with Crippen LogP contribution >= 0.6 is 0 Å². The lowest BCUT2D eigenvalue weighted by atomic mass is 10.1. The molecule has 0 aliphatic heterocycles. The molecule has 1 aromatic carbocycles. The molecule has 21 heavy (non-hydrogen) atoms. The summed E-state index contributed by atoms with van der Waals surface area (Å²) in [5.74, 6) is 0.798. The van der Waals surface area contributed by atoms with Crippen molar-refractivity contribution in [2.45, 2.75) is 20.0 Å². The first kappa shape index (κ1) is 15.0. The van der Waals surface area contributed by atoms with Gasteiger partial charge in [0.05, 0.1) is 18.3 Å². The number of carbonyl (C=O) groups excluding carboxylic acids is 1. The molecule has 0 unspecified atom stereocenters. The number of ether oxygens (including phenoxy) is 1. The minimum absolute atomic E-state index is 0.0948. The van der Waals surface area contributed by atoms with Crippen molar-refractivity contribution >= 4 is 5.91 Å². The molecule has 0 aliphatic rings. The van der Waals surface area contributed by atoms with E-state index in [9.17, 15) is 4.79 Å². The zero-order valence-corrected chi connectivity index (χ0v) is 12.5. The summed E-state index contributed by atoms with van der Waals surface area (Å²) in [6, 6.07) is 9.70. The number of hydrogen-bond acceptors (Lipinski definition) is 4. The maximum Gasteiger partial charge on any atom is 0.226 e. The third-order valence-corrected chi connectivity index (χ3v) is 3.03. The summed E-state index contributed by atoms with van der Waals surface area (Å²) in [6.07, 6.45) is 2.01. The van der Waals surface area contributed by atoms with E-state index in [4.69, 9.17) is 4.74 Å². The van der Waals surface area contributed by atoms with Crippen molar-refractivity contribution in [1.29, 1.82) is 0 Å². The molecular weight excluding hydrogens is 266 g/mol. The third kappa shape index (κ3) is 4.56. The van der Waals surface area contributed by atoms with E-state index in [0.717, 1.165) is 16.8 Å². The Bertz CT molecular complexity index is 609. The first-order chi connectivity index (χ1) is 10.0. The SMILES string of the molecule is Cc1cc(OCc2ccc(CC(=O)N(C)C)cc2)cnn1. The smallest absolute Gasteiger partial charge is 0.226 e. The van der Waals surface area contributed by atoms with Gasteiger partial charge in [0, 0.05) is 20.2 Å². The average Bonchev–Trinajstić information content (AvgIpc) is 2.46. The second kappa shape index (κ2) is 6.83. The van der Waals surface area contributed by atoms with Gasteiger partial charge in [0.1, 0.15) is 12.4 Å². The van der Waals surface area contributed by atoms with Crippen LogP contribution in [0.1, 0.15) is 16.8 Å². The number of aromatic nitrogens is 2. The van der Waals surface area contributed by atoms with Gasteiger partial charge in [0.25, 0.3) is 0 Å². The van der Waals surface area contributed by atoms with Gasteiger partial charge in [-0.25, -0.2) is 0 Å². The second-order valence-electron chi connectivity index (χ2n) is 5.10. The van der Waals surface area contributed by atoms with Crippen LogP contribution in [-0.2, 0) is 17.8 Å². The summed E-state index contributed by atoms with van der Waals surface area (Å²) in [4.78, 5) is 13.2. The van der Waals surface area contributed by atoms with Gasteiger partial charge in [-0.3, -0.25) is 4.79 Å².